The topological polar surface area (TPSA) is 61.0 Å². The van der Waals surface area contributed by atoms with Gasteiger partial charge < -0.3 is 10.5 Å². The number of rotatable bonds is 2. The first kappa shape index (κ1) is 11.8. The van der Waals surface area contributed by atoms with Gasteiger partial charge in [0.15, 0.2) is 0 Å². The lowest BCUT2D eigenvalue weighted by Crippen LogP contribution is -1.98. The number of nitrogens with two attached hydrogens (primary N) is 1. The van der Waals surface area contributed by atoms with E-state index in [2.05, 4.69) is 25.9 Å². The number of aryl methyl sites for hydroxylation is 1. The van der Waals surface area contributed by atoms with Crippen LogP contribution in [0, 0.1) is 12.7 Å². The molecule has 0 amide bonds. The molecule has 2 rings (SSSR count). The van der Waals surface area contributed by atoms with Crippen LogP contribution in [0.4, 0.5) is 10.3 Å². The van der Waals surface area contributed by atoms with Crippen LogP contribution in [0.15, 0.2) is 28.7 Å². The quantitative estimate of drug-likeness (QED) is 0.925. The summed E-state index contributed by atoms with van der Waals surface area (Å²) in [6, 6.07) is 6.07. The highest BCUT2D eigenvalue weighted by Gasteiger charge is 2.05. The summed E-state index contributed by atoms with van der Waals surface area (Å²) in [5.41, 5.74) is 6.17. The molecule has 17 heavy (non-hydrogen) atoms. The van der Waals surface area contributed by atoms with E-state index in [1.54, 1.807) is 25.1 Å². The molecule has 1 aromatic heterocycles. The summed E-state index contributed by atoms with van der Waals surface area (Å²) in [5.74, 6) is 0.360. The van der Waals surface area contributed by atoms with Crippen molar-refractivity contribution in [2.45, 2.75) is 6.92 Å². The normalized spacial score (nSPS) is 10.3. The molecular formula is C11H9BrFN3O. The molecule has 0 fully saturated rings. The molecule has 0 spiro atoms. The molecule has 6 heteroatoms. The predicted octanol–water partition coefficient (Wildman–Crippen LogP) is 3.06. The molecule has 1 aromatic carbocycles. The Bertz CT molecular complexity index is 542. The monoisotopic (exact) mass is 297 g/mol. The molecule has 0 aliphatic heterocycles. The van der Waals surface area contributed by atoms with Crippen LogP contribution in [-0.4, -0.2) is 9.97 Å². The maximum Gasteiger partial charge on any atom is 0.224 e. The second-order valence-electron chi connectivity index (χ2n) is 3.38. The maximum atomic E-state index is 13.3. The molecule has 0 aliphatic carbocycles. The summed E-state index contributed by atoms with van der Waals surface area (Å²) in [6.07, 6.45) is 0. The van der Waals surface area contributed by atoms with Gasteiger partial charge in [-0.3, -0.25) is 0 Å². The van der Waals surface area contributed by atoms with Gasteiger partial charge >= 0.3 is 0 Å². The van der Waals surface area contributed by atoms with Crippen LogP contribution in [0.2, 0.25) is 0 Å². The summed E-state index contributed by atoms with van der Waals surface area (Å²) in [6.45, 7) is 1.77. The maximum absolute atomic E-state index is 13.3. The van der Waals surface area contributed by atoms with E-state index >= 15 is 0 Å². The minimum absolute atomic E-state index is 0.123. The minimum atomic E-state index is -0.402. The van der Waals surface area contributed by atoms with E-state index in [0.717, 1.165) is 0 Å². The number of anilines is 1. The fourth-order valence-corrected chi connectivity index (χ4v) is 1.52. The van der Waals surface area contributed by atoms with E-state index in [9.17, 15) is 4.39 Å². The summed E-state index contributed by atoms with van der Waals surface area (Å²) in [5, 5.41) is 0. The molecule has 0 radical (unpaired) electrons. The zero-order valence-corrected chi connectivity index (χ0v) is 10.5. The summed E-state index contributed by atoms with van der Waals surface area (Å²) in [7, 11) is 0. The van der Waals surface area contributed by atoms with Crippen molar-refractivity contribution in [3.05, 3.63) is 40.2 Å². The van der Waals surface area contributed by atoms with E-state index in [-0.39, 0.29) is 11.8 Å². The van der Waals surface area contributed by atoms with Crippen LogP contribution < -0.4 is 10.5 Å². The summed E-state index contributed by atoms with van der Waals surface area (Å²) in [4.78, 5) is 7.80. The van der Waals surface area contributed by atoms with Gasteiger partial charge in [-0.1, -0.05) is 0 Å². The Balaban J connectivity index is 2.28. The highest BCUT2D eigenvalue weighted by atomic mass is 79.9. The number of hydrogen-bond acceptors (Lipinski definition) is 4. The van der Waals surface area contributed by atoms with Gasteiger partial charge in [0.1, 0.15) is 11.6 Å². The molecule has 0 bridgehead atoms. The predicted molar refractivity (Wildman–Crippen MR) is 65.4 cm³/mol. The number of aromatic nitrogens is 2. The fourth-order valence-electron chi connectivity index (χ4n) is 1.28. The molecule has 4 nitrogen and oxygen atoms in total. The van der Waals surface area contributed by atoms with Crippen LogP contribution in [0.1, 0.15) is 5.69 Å². The largest absolute Gasteiger partial charge is 0.439 e. The summed E-state index contributed by atoms with van der Waals surface area (Å²) < 4.78 is 19.0. The van der Waals surface area contributed by atoms with E-state index < -0.39 is 5.82 Å². The van der Waals surface area contributed by atoms with Crippen molar-refractivity contribution in [1.82, 2.24) is 9.97 Å². The van der Waals surface area contributed by atoms with Crippen molar-refractivity contribution in [2.24, 2.45) is 0 Å². The Morgan fingerprint density at radius 1 is 1.29 bits per heavy atom. The highest BCUT2D eigenvalue weighted by molar-refractivity contribution is 9.10. The van der Waals surface area contributed by atoms with Crippen LogP contribution in [0.25, 0.3) is 0 Å². The number of nitrogen functional groups attached to an aromatic ring is 1. The van der Waals surface area contributed by atoms with Crippen LogP contribution >= 0.6 is 15.9 Å². The third kappa shape index (κ3) is 2.91. The molecule has 0 saturated heterocycles. The minimum Gasteiger partial charge on any atom is -0.439 e. The Hall–Kier alpha value is -1.69. The van der Waals surface area contributed by atoms with E-state index in [0.29, 0.717) is 15.9 Å². The average Bonchev–Trinajstić information content (AvgIpc) is 2.22. The second-order valence-corrected chi connectivity index (χ2v) is 4.24. The van der Waals surface area contributed by atoms with Crippen molar-refractivity contribution in [3.8, 4) is 11.6 Å². The van der Waals surface area contributed by atoms with Gasteiger partial charge in [0, 0.05) is 17.8 Å². The lowest BCUT2D eigenvalue weighted by atomic mass is 10.3. The number of halogens is 2. The molecule has 0 saturated carbocycles. The Morgan fingerprint density at radius 2 is 2.06 bits per heavy atom. The zero-order valence-electron chi connectivity index (χ0n) is 8.95. The smallest absolute Gasteiger partial charge is 0.224 e. The van der Waals surface area contributed by atoms with Crippen molar-refractivity contribution < 1.29 is 9.13 Å². The molecule has 0 aliphatic rings. The van der Waals surface area contributed by atoms with Gasteiger partial charge in [-0.25, -0.2) is 9.37 Å². The second kappa shape index (κ2) is 4.67. The molecule has 0 atom stereocenters. The van der Waals surface area contributed by atoms with Gasteiger partial charge in [0.2, 0.25) is 11.8 Å². The highest BCUT2D eigenvalue weighted by Crippen LogP contribution is 2.25. The van der Waals surface area contributed by atoms with Crippen LogP contribution in [0.5, 0.6) is 11.6 Å². The summed E-state index contributed by atoms with van der Waals surface area (Å²) >= 11 is 3.06. The lowest BCUT2D eigenvalue weighted by molar-refractivity contribution is 0.456. The third-order valence-corrected chi connectivity index (χ3v) is 2.60. The molecule has 2 N–H and O–H groups in total. The molecule has 88 valence electrons. The fraction of sp³-hybridized carbons (Fsp3) is 0.0909. The molecular weight excluding hydrogens is 289 g/mol. The van der Waals surface area contributed by atoms with Crippen molar-refractivity contribution in [1.29, 1.82) is 0 Å². The van der Waals surface area contributed by atoms with Crippen LogP contribution in [0.3, 0.4) is 0 Å². The van der Waals surface area contributed by atoms with Gasteiger partial charge in [0.25, 0.3) is 0 Å². The molecule has 2 aromatic rings. The molecule has 0 unspecified atom stereocenters. The first-order chi connectivity index (χ1) is 8.04. The van der Waals surface area contributed by atoms with Crippen molar-refractivity contribution in [3.63, 3.8) is 0 Å². The van der Waals surface area contributed by atoms with Gasteiger partial charge in [-0.15, -0.1) is 0 Å². The lowest BCUT2D eigenvalue weighted by Gasteiger charge is -2.06. The number of nitrogens with zero attached hydrogens (tertiary/aromatic N) is 2. The van der Waals surface area contributed by atoms with E-state index in [4.69, 9.17) is 10.5 Å². The SMILES string of the molecule is Cc1cc(Oc2ccc(Br)c(F)c2)nc(N)n1. The first-order valence-electron chi connectivity index (χ1n) is 4.78. The van der Waals surface area contributed by atoms with E-state index in [1.165, 1.54) is 6.07 Å². The Labute approximate surface area is 106 Å². The number of benzene rings is 1. The first-order valence-corrected chi connectivity index (χ1v) is 5.58. The standard InChI is InChI=1S/C11H9BrFN3O/c1-6-4-10(16-11(14)15-6)17-7-2-3-8(12)9(13)5-7/h2-5H,1H3,(H2,14,15,16). The van der Waals surface area contributed by atoms with E-state index in [1.807, 2.05) is 0 Å². The van der Waals surface area contributed by atoms with Gasteiger partial charge in [0.05, 0.1) is 4.47 Å². The Kier molecular flexibility index (Phi) is 3.23. The number of hydrogen-bond donors (Lipinski definition) is 1. The zero-order chi connectivity index (χ0) is 12.4. The average molecular weight is 298 g/mol. The van der Waals surface area contributed by atoms with Crippen molar-refractivity contribution >= 4 is 21.9 Å². The van der Waals surface area contributed by atoms with Gasteiger partial charge in [-0.05, 0) is 35.0 Å². The third-order valence-electron chi connectivity index (χ3n) is 1.96. The van der Waals surface area contributed by atoms with Gasteiger partial charge in [-0.2, -0.15) is 4.98 Å². The Morgan fingerprint density at radius 3 is 2.71 bits per heavy atom. The number of ether oxygens (including phenoxy) is 1. The van der Waals surface area contributed by atoms with Crippen molar-refractivity contribution in [2.75, 3.05) is 5.73 Å². The molecule has 1 heterocycles. The van der Waals surface area contributed by atoms with Crippen LogP contribution in [-0.2, 0) is 0 Å².